The highest BCUT2D eigenvalue weighted by molar-refractivity contribution is 9.10. The molecule has 2 rings (SSSR count). The van der Waals surface area contributed by atoms with Crippen molar-refractivity contribution in [1.29, 1.82) is 0 Å². The summed E-state index contributed by atoms with van der Waals surface area (Å²) in [5.74, 6) is -0.245. The molecule has 0 aliphatic carbocycles. The van der Waals surface area contributed by atoms with Gasteiger partial charge in [-0.25, -0.2) is 4.79 Å². The van der Waals surface area contributed by atoms with E-state index in [1.165, 1.54) is 0 Å². The zero-order valence-corrected chi connectivity index (χ0v) is 11.3. The molecule has 0 aliphatic rings. The molecule has 18 heavy (non-hydrogen) atoms. The van der Waals surface area contributed by atoms with Crippen molar-refractivity contribution in [3.63, 3.8) is 0 Å². The van der Waals surface area contributed by atoms with Gasteiger partial charge in [0, 0.05) is 5.56 Å². The molecule has 4 heteroatoms. The number of carboxylic acid groups (broad SMARTS) is 1. The van der Waals surface area contributed by atoms with E-state index in [0.29, 0.717) is 5.75 Å². The van der Waals surface area contributed by atoms with Gasteiger partial charge in [0.15, 0.2) is 0 Å². The van der Waals surface area contributed by atoms with Crippen molar-refractivity contribution in [2.45, 2.75) is 0 Å². The van der Waals surface area contributed by atoms with Gasteiger partial charge in [-0.3, -0.25) is 0 Å². The van der Waals surface area contributed by atoms with E-state index in [1.807, 2.05) is 24.3 Å². The van der Waals surface area contributed by atoms with Crippen LogP contribution in [0.5, 0.6) is 5.75 Å². The number of hydrogen-bond acceptors (Lipinski definition) is 2. The topological polar surface area (TPSA) is 46.5 Å². The van der Waals surface area contributed by atoms with Gasteiger partial charge in [-0.2, -0.15) is 0 Å². The summed E-state index contributed by atoms with van der Waals surface area (Å²) in [6, 6.07) is 12.4. The van der Waals surface area contributed by atoms with Gasteiger partial charge in [0.05, 0.1) is 17.1 Å². The predicted octanol–water partition coefficient (Wildman–Crippen LogP) is 3.82. The van der Waals surface area contributed by atoms with Crippen LogP contribution < -0.4 is 4.74 Å². The van der Waals surface area contributed by atoms with E-state index in [1.54, 1.807) is 25.3 Å². The van der Waals surface area contributed by atoms with Gasteiger partial charge < -0.3 is 9.84 Å². The monoisotopic (exact) mass is 306 g/mol. The fraction of sp³-hybridized carbons (Fsp3) is 0.0714. The van der Waals surface area contributed by atoms with Crippen LogP contribution in [0, 0.1) is 0 Å². The molecule has 0 saturated carbocycles. The van der Waals surface area contributed by atoms with E-state index >= 15 is 0 Å². The Bertz CT molecular complexity index is 593. The maximum absolute atomic E-state index is 11.0. The molecule has 0 saturated heterocycles. The second kappa shape index (κ2) is 5.23. The smallest absolute Gasteiger partial charge is 0.335 e. The van der Waals surface area contributed by atoms with Crippen molar-refractivity contribution in [2.24, 2.45) is 0 Å². The van der Waals surface area contributed by atoms with Crippen molar-refractivity contribution >= 4 is 21.9 Å². The second-order valence-electron chi connectivity index (χ2n) is 3.71. The van der Waals surface area contributed by atoms with Crippen molar-refractivity contribution in [3.8, 4) is 16.9 Å². The maximum atomic E-state index is 11.0. The van der Waals surface area contributed by atoms with Gasteiger partial charge in [0.25, 0.3) is 0 Å². The summed E-state index contributed by atoms with van der Waals surface area (Å²) in [6.07, 6.45) is 0. The number of carbonyl (C=O) groups is 1. The lowest BCUT2D eigenvalue weighted by molar-refractivity contribution is 0.0697. The van der Waals surface area contributed by atoms with Crippen LogP contribution in [0.25, 0.3) is 11.1 Å². The van der Waals surface area contributed by atoms with Crippen LogP contribution in [0.15, 0.2) is 46.9 Å². The van der Waals surface area contributed by atoms with Crippen LogP contribution in [0.1, 0.15) is 10.4 Å². The number of hydrogen-bond donors (Lipinski definition) is 1. The van der Waals surface area contributed by atoms with E-state index in [4.69, 9.17) is 9.84 Å². The van der Waals surface area contributed by atoms with Crippen molar-refractivity contribution in [3.05, 3.63) is 52.5 Å². The van der Waals surface area contributed by atoms with Crippen LogP contribution in [-0.2, 0) is 0 Å². The minimum absolute atomic E-state index is 0.259. The third kappa shape index (κ3) is 2.38. The average molecular weight is 307 g/mol. The minimum Gasteiger partial charge on any atom is -0.495 e. The van der Waals surface area contributed by atoms with E-state index in [0.717, 1.165) is 15.6 Å². The third-order valence-corrected chi connectivity index (χ3v) is 3.22. The molecule has 0 heterocycles. The molecule has 0 aromatic heterocycles. The fourth-order valence-corrected chi connectivity index (χ4v) is 2.29. The van der Waals surface area contributed by atoms with Gasteiger partial charge in [0.2, 0.25) is 0 Å². The van der Waals surface area contributed by atoms with Gasteiger partial charge in [-0.1, -0.05) is 24.3 Å². The molecule has 0 atom stereocenters. The Labute approximate surface area is 113 Å². The Morgan fingerprint density at radius 2 is 1.94 bits per heavy atom. The molecule has 3 nitrogen and oxygen atoms in total. The normalized spacial score (nSPS) is 10.1. The number of ether oxygens (including phenoxy) is 1. The highest BCUT2D eigenvalue weighted by atomic mass is 79.9. The van der Waals surface area contributed by atoms with Crippen molar-refractivity contribution in [2.75, 3.05) is 7.11 Å². The predicted molar refractivity (Wildman–Crippen MR) is 73.1 cm³/mol. The largest absolute Gasteiger partial charge is 0.495 e. The number of benzene rings is 2. The summed E-state index contributed by atoms with van der Waals surface area (Å²) in [5.41, 5.74) is 1.93. The van der Waals surface area contributed by atoms with Gasteiger partial charge in [-0.05, 0) is 39.7 Å². The van der Waals surface area contributed by atoms with Crippen LogP contribution in [0.3, 0.4) is 0 Å². The number of carboxylic acids is 1. The van der Waals surface area contributed by atoms with E-state index in [9.17, 15) is 4.79 Å². The molecular weight excluding hydrogens is 296 g/mol. The third-order valence-electron chi connectivity index (χ3n) is 2.59. The Hall–Kier alpha value is -1.81. The minimum atomic E-state index is -0.939. The van der Waals surface area contributed by atoms with Crippen molar-refractivity contribution < 1.29 is 14.6 Å². The molecule has 0 unspecified atom stereocenters. The maximum Gasteiger partial charge on any atom is 0.335 e. The molecule has 0 fully saturated rings. The highest BCUT2D eigenvalue weighted by Crippen LogP contribution is 2.36. The van der Waals surface area contributed by atoms with Gasteiger partial charge >= 0.3 is 5.97 Å². The summed E-state index contributed by atoms with van der Waals surface area (Å²) < 4.78 is 6.17. The Balaban J connectivity index is 2.58. The summed E-state index contributed by atoms with van der Waals surface area (Å²) in [7, 11) is 1.59. The lowest BCUT2D eigenvalue weighted by Gasteiger charge is -2.10. The number of halogens is 1. The highest BCUT2D eigenvalue weighted by Gasteiger charge is 2.11. The van der Waals surface area contributed by atoms with Crippen LogP contribution in [0.2, 0.25) is 0 Å². The van der Waals surface area contributed by atoms with Crippen LogP contribution in [0.4, 0.5) is 0 Å². The molecular formula is C14H11BrO3. The van der Waals surface area contributed by atoms with E-state index in [-0.39, 0.29) is 5.56 Å². The van der Waals surface area contributed by atoms with Crippen LogP contribution >= 0.6 is 15.9 Å². The van der Waals surface area contributed by atoms with Crippen molar-refractivity contribution in [1.82, 2.24) is 0 Å². The first-order valence-electron chi connectivity index (χ1n) is 5.29. The summed E-state index contributed by atoms with van der Waals surface area (Å²) in [4.78, 5) is 11.0. The Kier molecular flexibility index (Phi) is 3.67. The molecule has 0 radical (unpaired) electrons. The number of methoxy groups -OCH3 is 1. The van der Waals surface area contributed by atoms with Gasteiger partial charge in [0.1, 0.15) is 5.75 Å². The molecule has 0 amide bonds. The van der Waals surface area contributed by atoms with E-state index < -0.39 is 5.97 Å². The molecule has 0 spiro atoms. The summed E-state index contributed by atoms with van der Waals surface area (Å²) >= 11 is 3.41. The zero-order valence-electron chi connectivity index (χ0n) is 9.68. The SMILES string of the molecule is COc1c(Br)cccc1-c1cccc(C(=O)O)c1. The molecule has 0 aliphatic heterocycles. The standard InChI is InChI=1S/C14H11BrO3/c1-18-13-11(6-3-7-12(13)15)9-4-2-5-10(8-9)14(16)17/h2-8H,1H3,(H,16,17). The molecule has 92 valence electrons. The number of para-hydroxylation sites is 1. The van der Waals surface area contributed by atoms with E-state index in [2.05, 4.69) is 15.9 Å². The first kappa shape index (κ1) is 12.6. The Morgan fingerprint density at radius 1 is 1.22 bits per heavy atom. The lowest BCUT2D eigenvalue weighted by atomic mass is 10.0. The first-order valence-corrected chi connectivity index (χ1v) is 6.09. The Morgan fingerprint density at radius 3 is 2.61 bits per heavy atom. The molecule has 1 N–H and O–H groups in total. The first-order chi connectivity index (χ1) is 8.63. The number of rotatable bonds is 3. The fourth-order valence-electron chi connectivity index (χ4n) is 1.76. The number of aromatic carboxylic acids is 1. The lowest BCUT2D eigenvalue weighted by Crippen LogP contribution is -1.96. The summed E-state index contributed by atoms with van der Waals surface area (Å²) in [6.45, 7) is 0. The zero-order chi connectivity index (χ0) is 13.1. The second-order valence-corrected chi connectivity index (χ2v) is 4.56. The molecule has 0 bridgehead atoms. The van der Waals surface area contributed by atoms with Crippen LogP contribution in [-0.4, -0.2) is 18.2 Å². The average Bonchev–Trinajstić information content (AvgIpc) is 2.38. The van der Waals surface area contributed by atoms with Gasteiger partial charge in [-0.15, -0.1) is 0 Å². The quantitative estimate of drug-likeness (QED) is 0.937. The molecule has 2 aromatic carbocycles. The summed E-state index contributed by atoms with van der Waals surface area (Å²) in [5, 5.41) is 9.00. The molecule has 2 aromatic rings.